The van der Waals surface area contributed by atoms with Gasteiger partial charge in [0.2, 0.25) is 11.8 Å². The molecule has 4 nitrogen and oxygen atoms in total. The molecule has 0 saturated heterocycles. The molecule has 2 heterocycles. The Hall–Kier alpha value is -2.44. The van der Waals surface area contributed by atoms with Gasteiger partial charge in [-0.1, -0.05) is 24.3 Å². The summed E-state index contributed by atoms with van der Waals surface area (Å²) >= 11 is 3.33. The van der Waals surface area contributed by atoms with Gasteiger partial charge in [-0.3, -0.25) is 9.59 Å². The molecule has 1 N–H and O–H groups in total. The minimum atomic E-state index is -0.105. The summed E-state index contributed by atoms with van der Waals surface area (Å²) in [7, 11) is 0. The maximum Gasteiger partial charge on any atom is 0.227 e. The summed E-state index contributed by atoms with van der Waals surface area (Å²) in [6.07, 6.45) is 0.344. The summed E-state index contributed by atoms with van der Waals surface area (Å²) in [6.45, 7) is 2.72. The Kier molecular flexibility index (Phi) is 6.20. The Bertz CT molecular complexity index is 804. The van der Waals surface area contributed by atoms with Gasteiger partial charge in [0.25, 0.3) is 0 Å². The molecule has 3 aromatic rings. The molecule has 0 aliphatic rings. The number of carbonyl (C=O) groups is 2. The fourth-order valence-corrected chi connectivity index (χ4v) is 4.05. The molecule has 0 bridgehead atoms. The molecule has 0 unspecified atom stereocenters. The molecule has 0 saturated carbocycles. The third-order valence-corrected chi connectivity index (χ3v) is 5.56. The Balaban J connectivity index is 1.68. The highest BCUT2D eigenvalue weighted by Crippen LogP contribution is 2.19. The highest BCUT2D eigenvalue weighted by atomic mass is 32.1. The number of nitrogens with one attached hydrogen (secondary N) is 1. The molecular formula is C20H20N2O2S2. The molecule has 134 valence electrons. The topological polar surface area (TPSA) is 49.4 Å². The van der Waals surface area contributed by atoms with Crippen LogP contribution in [0.3, 0.4) is 0 Å². The van der Waals surface area contributed by atoms with E-state index in [1.807, 2.05) is 52.1 Å². The summed E-state index contributed by atoms with van der Waals surface area (Å²) in [4.78, 5) is 28.2. The molecule has 0 spiro atoms. The molecule has 2 amide bonds. The van der Waals surface area contributed by atoms with E-state index in [0.717, 1.165) is 11.3 Å². The van der Waals surface area contributed by atoms with Crippen molar-refractivity contribution >= 4 is 40.2 Å². The Morgan fingerprint density at radius 3 is 1.96 bits per heavy atom. The molecule has 1 aromatic carbocycles. The molecule has 0 radical (unpaired) electrons. The van der Waals surface area contributed by atoms with Crippen LogP contribution in [0.25, 0.3) is 0 Å². The third-order valence-electron chi connectivity index (χ3n) is 3.84. The first-order valence-corrected chi connectivity index (χ1v) is 10.0. The first kappa shape index (κ1) is 18.4. The van der Waals surface area contributed by atoms with E-state index >= 15 is 0 Å². The van der Waals surface area contributed by atoms with Crippen LogP contribution < -0.4 is 5.32 Å². The second-order valence-electron chi connectivity index (χ2n) is 5.96. The van der Waals surface area contributed by atoms with Crippen LogP contribution in [-0.4, -0.2) is 16.7 Å². The normalized spacial score (nSPS) is 10.5. The summed E-state index contributed by atoms with van der Waals surface area (Å²) in [6, 6.07) is 15.6. The number of rotatable bonds is 7. The van der Waals surface area contributed by atoms with Crippen molar-refractivity contribution < 1.29 is 9.59 Å². The number of thiophene rings is 2. The number of benzene rings is 1. The van der Waals surface area contributed by atoms with Gasteiger partial charge in [0.1, 0.15) is 0 Å². The fourth-order valence-electron chi connectivity index (χ4n) is 2.61. The number of nitrogens with zero attached hydrogens (tertiary/aromatic N) is 1. The first-order chi connectivity index (χ1) is 12.6. The van der Waals surface area contributed by atoms with Gasteiger partial charge in [0.15, 0.2) is 0 Å². The van der Waals surface area contributed by atoms with Gasteiger partial charge < -0.3 is 10.2 Å². The van der Waals surface area contributed by atoms with E-state index in [4.69, 9.17) is 0 Å². The smallest absolute Gasteiger partial charge is 0.227 e. The predicted octanol–water partition coefficient (Wildman–Crippen LogP) is 4.54. The lowest BCUT2D eigenvalue weighted by Gasteiger charge is -2.22. The lowest BCUT2D eigenvalue weighted by atomic mass is 10.1. The van der Waals surface area contributed by atoms with E-state index in [1.54, 1.807) is 22.7 Å². The first-order valence-electron chi connectivity index (χ1n) is 8.29. The Morgan fingerprint density at radius 1 is 0.923 bits per heavy atom. The number of hydrogen-bond donors (Lipinski definition) is 1. The maximum atomic E-state index is 12.9. The Morgan fingerprint density at radius 2 is 1.50 bits per heavy atom. The zero-order chi connectivity index (χ0) is 18.4. The van der Waals surface area contributed by atoms with Crippen molar-refractivity contribution in [3.63, 3.8) is 0 Å². The molecule has 0 aliphatic heterocycles. The SMILES string of the molecule is CC(=O)Nc1ccc(CC(=O)N(Cc2cccs2)Cc2cccs2)cc1. The average Bonchev–Trinajstić information content (AvgIpc) is 3.29. The summed E-state index contributed by atoms with van der Waals surface area (Å²) in [5.74, 6) is -0.00836. The average molecular weight is 385 g/mol. The van der Waals surface area contributed by atoms with Crippen molar-refractivity contribution in [3.8, 4) is 0 Å². The molecule has 3 rings (SSSR count). The van der Waals surface area contributed by atoms with Crippen LogP contribution in [0.1, 0.15) is 22.2 Å². The minimum Gasteiger partial charge on any atom is -0.332 e. The monoisotopic (exact) mass is 384 g/mol. The van der Waals surface area contributed by atoms with Crippen LogP contribution >= 0.6 is 22.7 Å². The Labute approximate surface area is 161 Å². The third kappa shape index (κ3) is 5.28. The summed E-state index contributed by atoms with van der Waals surface area (Å²) in [5.41, 5.74) is 1.68. The highest BCUT2D eigenvalue weighted by molar-refractivity contribution is 7.10. The van der Waals surface area contributed by atoms with Crippen molar-refractivity contribution in [3.05, 3.63) is 74.6 Å². The van der Waals surface area contributed by atoms with Gasteiger partial charge in [0.05, 0.1) is 19.5 Å². The highest BCUT2D eigenvalue weighted by Gasteiger charge is 2.16. The van der Waals surface area contributed by atoms with Gasteiger partial charge in [-0.25, -0.2) is 0 Å². The van der Waals surface area contributed by atoms with Crippen LogP contribution in [0.2, 0.25) is 0 Å². The largest absolute Gasteiger partial charge is 0.332 e. The van der Waals surface area contributed by atoms with Crippen molar-refractivity contribution in [2.75, 3.05) is 5.32 Å². The number of hydrogen-bond acceptors (Lipinski definition) is 4. The fraction of sp³-hybridized carbons (Fsp3) is 0.200. The van der Waals surface area contributed by atoms with Gasteiger partial charge in [-0.2, -0.15) is 0 Å². The molecule has 0 aliphatic carbocycles. The molecule has 6 heteroatoms. The number of anilines is 1. The van der Waals surface area contributed by atoms with Crippen molar-refractivity contribution in [1.29, 1.82) is 0 Å². The van der Waals surface area contributed by atoms with E-state index in [-0.39, 0.29) is 11.8 Å². The van der Waals surface area contributed by atoms with E-state index in [0.29, 0.717) is 19.5 Å². The van der Waals surface area contributed by atoms with E-state index in [2.05, 4.69) is 17.4 Å². The standard InChI is InChI=1S/C20H20N2O2S2/c1-15(23)21-17-8-6-16(7-9-17)12-20(24)22(13-18-4-2-10-25-18)14-19-5-3-11-26-19/h2-11H,12-14H2,1H3,(H,21,23). The van der Waals surface area contributed by atoms with Crippen LogP contribution in [0.4, 0.5) is 5.69 Å². The second kappa shape index (κ2) is 8.78. The molecule has 26 heavy (non-hydrogen) atoms. The zero-order valence-corrected chi connectivity index (χ0v) is 16.1. The van der Waals surface area contributed by atoms with Crippen molar-refractivity contribution in [2.24, 2.45) is 0 Å². The van der Waals surface area contributed by atoms with Crippen LogP contribution in [0.15, 0.2) is 59.3 Å². The molecule has 0 fully saturated rings. The van der Waals surface area contributed by atoms with E-state index in [1.165, 1.54) is 16.7 Å². The van der Waals surface area contributed by atoms with E-state index in [9.17, 15) is 9.59 Å². The van der Waals surface area contributed by atoms with Gasteiger partial charge in [-0.15, -0.1) is 22.7 Å². The molecule has 0 atom stereocenters. The zero-order valence-electron chi connectivity index (χ0n) is 14.5. The lowest BCUT2D eigenvalue weighted by molar-refractivity contribution is -0.131. The minimum absolute atomic E-state index is 0.0964. The van der Waals surface area contributed by atoms with Crippen LogP contribution in [-0.2, 0) is 29.1 Å². The van der Waals surface area contributed by atoms with Gasteiger partial charge in [0, 0.05) is 22.4 Å². The number of carbonyl (C=O) groups excluding carboxylic acids is 2. The molecule has 2 aromatic heterocycles. The lowest BCUT2D eigenvalue weighted by Crippen LogP contribution is -2.30. The van der Waals surface area contributed by atoms with Crippen LogP contribution in [0, 0.1) is 0 Å². The van der Waals surface area contributed by atoms with Crippen molar-refractivity contribution in [1.82, 2.24) is 4.90 Å². The van der Waals surface area contributed by atoms with Crippen molar-refractivity contribution in [2.45, 2.75) is 26.4 Å². The maximum absolute atomic E-state index is 12.9. The van der Waals surface area contributed by atoms with Gasteiger partial charge >= 0.3 is 0 Å². The quantitative estimate of drug-likeness (QED) is 0.650. The number of amides is 2. The second-order valence-corrected chi connectivity index (χ2v) is 8.03. The van der Waals surface area contributed by atoms with Crippen LogP contribution in [0.5, 0.6) is 0 Å². The predicted molar refractivity (Wildman–Crippen MR) is 107 cm³/mol. The summed E-state index contributed by atoms with van der Waals surface area (Å²) in [5, 5.41) is 6.80. The summed E-state index contributed by atoms with van der Waals surface area (Å²) < 4.78 is 0. The molecular weight excluding hydrogens is 364 g/mol. The van der Waals surface area contributed by atoms with E-state index < -0.39 is 0 Å². The van der Waals surface area contributed by atoms with Gasteiger partial charge in [-0.05, 0) is 40.6 Å².